The van der Waals surface area contributed by atoms with Crippen molar-refractivity contribution in [3.8, 4) is 0 Å². The summed E-state index contributed by atoms with van der Waals surface area (Å²) in [6.07, 6.45) is 2.63. The number of rotatable bonds is 7. The number of hydrogen-bond donors (Lipinski definition) is 3. The van der Waals surface area contributed by atoms with Crippen molar-refractivity contribution < 1.29 is 13.2 Å². The molecule has 2 aromatic carbocycles. The monoisotopic (exact) mass is 454 g/mol. The number of carbonyl (C=O) groups is 1. The fourth-order valence-corrected chi connectivity index (χ4v) is 5.39. The van der Waals surface area contributed by atoms with Gasteiger partial charge < -0.3 is 10.3 Å². The second-order valence-corrected chi connectivity index (χ2v) is 9.90. The lowest BCUT2D eigenvalue weighted by molar-refractivity contribution is 0.0957. The summed E-state index contributed by atoms with van der Waals surface area (Å²) in [5.74, 6) is -0.268. The van der Waals surface area contributed by atoms with Crippen LogP contribution in [0.15, 0.2) is 59.6 Å². The van der Waals surface area contributed by atoms with E-state index in [-0.39, 0.29) is 15.9 Å². The summed E-state index contributed by atoms with van der Waals surface area (Å²) in [5.41, 5.74) is 3.64. The Morgan fingerprint density at radius 1 is 1.10 bits per heavy atom. The molecule has 0 aliphatic rings. The van der Waals surface area contributed by atoms with Crippen LogP contribution in [0.4, 0.5) is 5.13 Å². The number of benzene rings is 2. The van der Waals surface area contributed by atoms with Crippen LogP contribution in [-0.4, -0.2) is 30.8 Å². The maximum Gasteiger partial charge on any atom is 0.263 e. The molecule has 0 atom stereocenters. The van der Waals surface area contributed by atoms with Gasteiger partial charge in [0.25, 0.3) is 15.9 Å². The van der Waals surface area contributed by atoms with Crippen molar-refractivity contribution in [1.82, 2.24) is 15.3 Å². The summed E-state index contributed by atoms with van der Waals surface area (Å²) in [6.45, 7) is 4.04. The van der Waals surface area contributed by atoms with Gasteiger partial charge in [0.1, 0.15) is 4.88 Å². The largest absolute Gasteiger partial charge is 0.361 e. The summed E-state index contributed by atoms with van der Waals surface area (Å²) in [5, 5.41) is 4.20. The molecule has 2 aromatic heterocycles. The molecule has 4 aromatic rings. The van der Waals surface area contributed by atoms with Gasteiger partial charge in [0.05, 0.1) is 10.6 Å². The number of aryl methyl sites for hydroxylation is 2. The van der Waals surface area contributed by atoms with Gasteiger partial charge in [-0.05, 0) is 44.0 Å². The van der Waals surface area contributed by atoms with Gasteiger partial charge in [-0.25, -0.2) is 13.4 Å². The number of amides is 1. The first kappa shape index (κ1) is 21.1. The van der Waals surface area contributed by atoms with Crippen LogP contribution in [-0.2, 0) is 16.4 Å². The molecule has 1 amide bonds. The maximum absolute atomic E-state index is 12.6. The van der Waals surface area contributed by atoms with Gasteiger partial charge in [-0.3, -0.25) is 9.52 Å². The highest BCUT2D eigenvalue weighted by Gasteiger charge is 2.20. The number of aromatic amines is 1. The average Bonchev–Trinajstić information content (AvgIpc) is 3.31. The normalized spacial score (nSPS) is 11.5. The lowest BCUT2D eigenvalue weighted by atomic mass is 10.1. The van der Waals surface area contributed by atoms with E-state index in [0.717, 1.165) is 33.4 Å². The molecule has 0 aliphatic carbocycles. The third-order valence-electron chi connectivity index (χ3n) is 4.91. The molecule has 3 N–H and O–H groups in total. The van der Waals surface area contributed by atoms with E-state index in [1.54, 1.807) is 19.1 Å². The van der Waals surface area contributed by atoms with Crippen LogP contribution < -0.4 is 10.0 Å². The number of carbonyl (C=O) groups excluding carboxylic acids is 1. The van der Waals surface area contributed by atoms with Gasteiger partial charge in [0.2, 0.25) is 0 Å². The molecular formula is C22H22N4O3S2. The van der Waals surface area contributed by atoms with Gasteiger partial charge in [-0.1, -0.05) is 47.2 Å². The van der Waals surface area contributed by atoms with Gasteiger partial charge in [0, 0.05) is 23.6 Å². The number of nitrogens with zero attached hydrogens (tertiary/aromatic N) is 1. The number of thiazole rings is 1. The number of H-pyrrole nitrogens is 1. The minimum atomic E-state index is -3.76. The Bertz CT molecular complexity index is 1340. The molecule has 0 saturated carbocycles. The van der Waals surface area contributed by atoms with E-state index in [1.807, 2.05) is 37.4 Å². The third kappa shape index (κ3) is 4.62. The first-order valence-electron chi connectivity index (χ1n) is 9.73. The summed E-state index contributed by atoms with van der Waals surface area (Å²) < 4.78 is 27.6. The predicted octanol–water partition coefficient (Wildman–Crippen LogP) is 4.01. The predicted molar refractivity (Wildman–Crippen MR) is 123 cm³/mol. The van der Waals surface area contributed by atoms with E-state index in [1.165, 1.54) is 12.1 Å². The van der Waals surface area contributed by atoms with Crippen LogP contribution in [0.2, 0.25) is 0 Å². The van der Waals surface area contributed by atoms with Crippen LogP contribution in [0.25, 0.3) is 10.9 Å². The molecule has 7 nitrogen and oxygen atoms in total. The Morgan fingerprint density at radius 2 is 1.84 bits per heavy atom. The number of sulfonamides is 1. The first-order valence-corrected chi connectivity index (χ1v) is 12.0. The molecule has 0 aliphatic heterocycles. The number of hydrogen-bond acceptors (Lipinski definition) is 5. The van der Waals surface area contributed by atoms with Crippen molar-refractivity contribution >= 4 is 43.3 Å². The van der Waals surface area contributed by atoms with Gasteiger partial charge >= 0.3 is 0 Å². The van der Waals surface area contributed by atoms with Crippen LogP contribution in [0.1, 0.15) is 26.5 Å². The standard InChI is InChI=1S/C22H22N4O3S2/c1-14-7-9-17(10-8-14)31(28,29)26-22-25-15(2)20(30-22)21(27)23-12-11-16-13-24-19-6-4-3-5-18(16)19/h3-10,13,24H,11-12H2,1-2H3,(H,23,27)(H,25,26). The van der Waals surface area contributed by atoms with E-state index >= 15 is 0 Å². The lowest BCUT2D eigenvalue weighted by Crippen LogP contribution is -2.25. The number of aromatic nitrogens is 2. The van der Waals surface area contributed by atoms with Crippen molar-refractivity contribution in [2.45, 2.75) is 25.2 Å². The Kier molecular flexibility index (Phi) is 5.79. The highest BCUT2D eigenvalue weighted by Crippen LogP contribution is 2.25. The lowest BCUT2D eigenvalue weighted by Gasteiger charge is -2.05. The Hall–Kier alpha value is -3.17. The fourth-order valence-electron chi connectivity index (χ4n) is 3.27. The van der Waals surface area contributed by atoms with Crippen molar-refractivity contribution in [3.63, 3.8) is 0 Å². The SMILES string of the molecule is Cc1ccc(S(=O)(=O)Nc2nc(C)c(C(=O)NCCc3c[nH]c4ccccc34)s2)cc1. The van der Waals surface area contributed by atoms with Gasteiger partial charge in [0.15, 0.2) is 5.13 Å². The molecular weight excluding hydrogens is 432 g/mol. The highest BCUT2D eigenvalue weighted by molar-refractivity contribution is 7.93. The molecule has 0 fully saturated rings. The zero-order chi connectivity index (χ0) is 22.0. The van der Waals surface area contributed by atoms with E-state index in [4.69, 9.17) is 0 Å². The Labute approximate surface area is 184 Å². The van der Waals surface area contributed by atoms with Crippen molar-refractivity contribution in [3.05, 3.63) is 76.4 Å². The summed E-state index contributed by atoms with van der Waals surface area (Å²) in [7, 11) is -3.76. The molecule has 0 radical (unpaired) electrons. The zero-order valence-electron chi connectivity index (χ0n) is 17.1. The second kappa shape index (κ2) is 8.52. The van der Waals surface area contributed by atoms with E-state index in [9.17, 15) is 13.2 Å². The van der Waals surface area contributed by atoms with E-state index < -0.39 is 10.0 Å². The first-order chi connectivity index (χ1) is 14.8. The summed E-state index contributed by atoms with van der Waals surface area (Å²) in [6, 6.07) is 14.6. The van der Waals surface area contributed by atoms with Crippen LogP contribution in [0, 0.1) is 13.8 Å². The molecule has 4 rings (SSSR count). The topological polar surface area (TPSA) is 104 Å². The fraction of sp³-hybridized carbons (Fsp3) is 0.182. The third-order valence-corrected chi connectivity index (χ3v) is 7.47. The molecule has 0 saturated heterocycles. The van der Waals surface area contributed by atoms with Crippen molar-refractivity contribution in [1.29, 1.82) is 0 Å². The molecule has 31 heavy (non-hydrogen) atoms. The summed E-state index contributed by atoms with van der Waals surface area (Å²) in [4.78, 5) is 20.6. The van der Waals surface area contributed by atoms with Gasteiger partial charge in [-0.2, -0.15) is 0 Å². The smallest absolute Gasteiger partial charge is 0.263 e. The number of fused-ring (bicyclic) bond motifs is 1. The summed E-state index contributed by atoms with van der Waals surface area (Å²) >= 11 is 1.02. The highest BCUT2D eigenvalue weighted by atomic mass is 32.2. The maximum atomic E-state index is 12.6. The molecule has 160 valence electrons. The van der Waals surface area contributed by atoms with E-state index in [0.29, 0.717) is 23.5 Å². The molecule has 0 spiro atoms. The quantitative estimate of drug-likeness (QED) is 0.392. The molecule has 0 unspecified atom stereocenters. The van der Waals surface area contributed by atoms with Crippen LogP contribution >= 0.6 is 11.3 Å². The molecule has 0 bridgehead atoms. The van der Waals surface area contributed by atoms with Gasteiger partial charge in [-0.15, -0.1) is 0 Å². The number of para-hydroxylation sites is 1. The molecule has 9 heteroatoms. The minimum Gasteiger partial charge on any atom is -0.361 e. The number of nitrogens with one attached hydrogen (secondary N) is 3. The van der Waals surface area contributed by atoms with Crippen molar-refractivity contribution in [2.24, 2.45) is 0 Å². The van der Waals surface area contributed by atoms with Crippen LogP contribution in [0.3, 0.4) is 0 Å². The Morgan fingerprint density at radius 3 is 2.61 bits per heavy atom. The molecule has 2 heterocycles. The Balaban J connectivity index is 1.41. The second-order valence-electron chi connectivity index (χ2n) is 7.22. The minimum absolute atomic E-state index is 0.149. The zero-order valence-corrected chi connectivity index (χ0v) is 18.7. The van der Waals surface area contributed by atoms with Crippen LogP contribution in [0.5, 0.6) is 0 Å². The number of anilines is 1. The average molecular weight is 455 g/mol. The van der Waals surface area contributed by atoms with E-state index in [2.05, 4.69) is 20.0 Å². The van der Waals surface area contributed by atoms with Crippen molar-refractivity contribution in [2.75, 3.05) is 11.3 Å².